The number of para-hydroxylation sites is 1. The molecule has 0 atom stereocenters. The molecule has 0 aliphatic carbocycles. The minimum Gasteiger partial charge on any atom is -0.326 e. The highest BCUT2D eigenvalue weighted by Crippen LogP contribution is 2.20. The number of benzene rings is 2. The van der Waals surface area contributed by atoms with E-state index in [0.717, 1.165) is 22.5 Å². The Morgan fingerprint density at radius 1 is 0.966 bits per heavy atom. The number of nitrogens with zero attached hydrogens (tertiary/aromatic N) is 3. The van der Waals surface area contributed by atoms with E-state index in [2.05, 4.69) is 20.8 Å². The molecule has 3 rings (SSSR count). The molecule has 1 heterocycles. The number of amides is 2. The van der Waals surface area contributed by atoms with Crippen LogP contribution in [0.3, 0.4) is 0 Å². The molecule has 29 heavy (non-hydrogen) atoms. The van der Waals surface area contributed by atoms with Crippen LogP contribution in [0.5, 0.6) is 0 Å². The highest BCUT2D eigenvalue weighted by atomic mass is 32.2. The van der Waals surface area contributed by atoms with Gasteiger partial charge < -0.3 is 15.2 Å². The van der Waals surface area contributed by atoms with Crippen molar-refractivity contribution in [3.05, 3.63) is 65.5 Å². The maximum absolute atomic E-state index is 12.3. The van der Waals surface area contributed by atoms with Gasteiger partial charge in [-0.3, -0.25) is 9.59 Å². The number of anilines is 2. The number of aryl methyl sites for hydroxylation is 1. The summed E-state index contributed by atoms with van der Waals surface area (Å²) < 4.78 is 1.74. The zero-order valence-electron chi connectivity index (χ0n) is 16.6. The Balaban J connectivity index is 1.54. The van der Waals surface area contributed by atoms with Gasteiger partial charge >= 0.3 is 0 Å². The first-order valence-corrected chi connectivity index (χ1v) is 10.1. The quantitative estimate of drug-likeness (QED) is 0.584. The van der Waals surface area contributed by atoms with Gasteiger partial charge in [-0.1, -0.05) is 42.1 Å². The predicted molar refractivity (Wildman–Crippen MR) is 115 cm³/mol. The van der Waals surface area contributed by atoms with Crippen molar-refractivity contribution in [3.8, 4) is 0 Å². The molecule has 0 aliphatic heterocycles. The van der Waals surface area contributed by atoms with Gasteiger partial charge in [-0.05, 0) is 43.2 Å². The standard InChI is InChI=1S/C21H23N5O2S/c1-14-8-7-11-17(15(14)2)23-20(28)13-29-21-25-24-18(26(21)3)12-19(27)22-16-9-5-4-6-10-16/h4-11H,12-13H2,1-3H3,(H,22,27)(H,23,28). The SMILES string of the molecule is Cc1cccc(NC(=O)CSc2nnc(CC(=O)Nc3ccccc3)n2C)c1C. The molecule has 2 amide bonds. The van der Waals surface area contributed by atoms with E-state index < -0.39 is 0 Å². The van der Waals surface area contributed by atoms with Crippen LogP contribution in [0.15, 0.2) is 53.7 Å². The second-order valence-electron chi connectivity index (χ2n) is 6.63. The van der Waals surface area contributed by atoms with Crippen molar-refractivity contribution >= 4 is 35.0 Å². The molecule has 3 aromatic rings. The Kier molecular flexibility index (Phi) is 6.66. The van der Waals surface area contributed by atoms with Crippen molar-refractivity contribution in [3.63, 3.8) is 0 Å². The molecule has 0 unspecified atom stereocenters. The Labute approximate surface area is 173 Å². The molecular formula is C21H23N5O2S. The maximum atomic E-state index is 12.3. The van der Waals surface area contributed by atoms with Gasteiger partial charge in [0.2, 0.25) is 11.8 Å². The summed E-state index contributed by atoms with van der Waals surface area (Å²) in [5, 5.41) is 14.5. The normalized spacial score (nSPS) is 10.6. The third kappa shape index (κ3) is 5.45. The highest BCUT2D eigenvalue weighted by molar-refractivity contribution is 7.99. The van der Waals surface area contributed by atoms with Gasteiger partial charge in [0, 0.05) is 18.4 Å². The van der Waals surface area contributed by atoms with E-state index >= 15 is 0 Å². The lowest BCUT2D eigenvalue weighted by atomic mass is 10.1. The number of rotatable bonds is 7. The Morgan fingerprint density at radius 2 is 1.72 bits per heavy atom. The lowest BCUT2D eigenvalue weighted by Crippen LogP contribution is -2.17. The van der Waals surface area contributed by atoms with Gasteiger partial charge in [0.1, 0.15) is 5.82 Å². The van der Waals surface area contributed by atoms with Crippen LogP contribution >= 0.6 is 11.8 Å². The summed E-state index contributed by atoms with van der Waals surface area (Å²) in [5.74, 6) is 0.456. The summed E-state index contributed by atoms with van der Waals surface area (Å²) in [6.07, 6.45) is 0.105. The third-order valence-electron chi connectivity index (χ3n) is 4.51. The molecule has 2 aromatic carbocycles. The average Bonchev–Trinajstić information content (AvgIpc) is 3.04. The molecule has 0 aliphatic rings. The van der Waals surface area contributed by atoms with Crippen LogP contribution in [-0.2, 0) is 23.1 Å². The van der Waals surface area contributed by atoms with Crippen molar-refractivity contribution in [2.75, 3.05) is 16.4 Å². The maximum Gasteiger partial charge on any atom is 0.234 e. The molecule has 0 fully saturated rings. The van der Waals surface area contributed by atoms with Crippen LogP contribution in [0, 0.1) is 13.8 Å². The van der Waals surface area contributed by atoms with Crippen LogP contribution < -0.4 is 10.6 Å². The monoisotopic (exact) mass is 409 g/mol. The Hall–Kier alpha value is -3.13. The molecule has 8 heteroatoms. The van der Waals surface area contributed by atoms with Gasteiger partial charge in [0.15, 0.2) is 5.16 Å². The Bertz CT molecular complexity index is 1020. The van der Waals surface area contributed by atoms with Gasteiger partial charge in [-0.2, -0.15) is 0 Å². The average molecular weight is 410 g/mol. The van der Waals surface area contributed by atoms with E-state index in [4.69, 9.17) is 0 Å². The molecule has 0 bridgehead atoms. The Morgan fingerprint density at radius 3 is 2.48 bits per heavy atom. The van der Waals surface area contributed by atoms with Crippen molar-refractivity contribution in [1.82, 2.24) is 14.8 Å². The van der Waals surface area contributed by atoms with E-state index in [-0.39, 0.29) is 24.0 Å². The van der Waals surface area contributed by atoms with Gasteiger partial charge in [-0.15, -0.1) is 10.2 Å². The van der Waals surface area contributed by atoms with E-state index in [9.17, 15) is 9.59 Å². The first-order chi connectivity index (χ1) is 13.9. The lowest BCUT2D eigenvalue weighted by Gasteiger charge is -2.10. The van der Waals surface area contributed by atoms with E-state index in [1.807, 2.05) is 62.4 Å². The number of hydrogen-bond acceptors (Lipinski definition) is 5. The number of thioether (sulfide) groups is 1. The number of nitrogens with one attached hydrogen (secondary N) is 2. The summed E-state index contributed by atoms with van der Waals surface area (Å²) in [6.45, 7) is 3.99. The summed E-state index contributed by atoms with van der Waals surface area (Å²) in [5.41, 5.74) is 3.72. The topological polar surface area (TPSA) is 88.9 Å². The molecule has 0 saturated heterocycles. The summed E-state index contributed by atoms with van der Waals surface area (Å²) in [6, 6.07) is 15.1. The number of carbonyl (C=O) groups is 2. The molecule has 7 nitrogen and oxygen atoms in total. The molecule has 0 saturated carbocycles. The first-order valence-electron chi connectivity index (χ1n) is 9.16. The predicted octanol–water partition coefficient (Wildman–Crippen LogP) is 3.34. The summed E-state index contributed by atoms with van der Waals surface area (Å²) in [7, 11) is 1.79. The molecule has 1 aromatic heterocycles. The molecule has 2 N–H and O–H groups in total. The van der Waals surface area contributed by atoms with Crippen LogP contribution in [0.2, 0.25) is 0 Å². The molecular weight excluding hydrogens is 386 g/mol. The van der Waals surface area contributed by atoms with Gasteiger partial charge in [0.05, 0.1) is 12.2 Å². The van der Waals surface area contributed by atoms with E-state index in [1.165, 1.54) is 11.8 Å². The number of aromatic nitrogens is 3. The molecule has 0 radical (unpaired) electrons. The fourth-order valence-electron chi connectivity index (χ4n) is 2.70. The smallest absolute Gasteiger partial charge is 0.234 e. The van der Waals surface area contributed by atoms with Crippen LogP contribution in [0.1, 0.15) is 17.0 Å². The fraction of sp³-hybridized carbons (Fsp3) is 0.238. The fourth-order valence-corrected chi connectivity index (χ4v) is 3.43. The second kappa shape index (κ2) is 9.38. The van der Waals surface area contributed by atoms with Crippen LogP contribution in [-0.4, -0.2) is 32.3 Å². The van der Waals surface area contributed by atoms with E-state index in [1.54, 1.807) is 11.6 Å². The van der Waals surface area contributed by atoms with Crippen molar-refractivity contribution in [2.45, 2.75) is 25.4 Å². The molecule has 150 valence electrons. The highest BCUT2D eigenvalue weighted by Gasteiger charge is 2.15. The van der Waals surface area contributed by atoms with Crippen molar-refractivity contribution in [1.29, 1.82) is 0 Å². The third-order valence-corrected chi connectivity index (χ3v) is 5.53. The number of carbonyl (C=O) groups excluding carboxylic acids is 2. The van der Waals surface area contributed by atoms with Crippen molar-refractivity contribution < 1.29 is 9.59 Å². The molecule has 0 spiro atoms. The second-order valence-corrected chi connectivity index (χ2v) is 7.58. The lowest BCUT2D eigenvalue weighted by molar-refractivity contribution is -0.116. The first kappa shape index (κ1) is 20.6. The zero-order chi connectivity index (χ0) is 20.8. The minimum absolute atomic E-state index is 0.105. The van der Waals surface area contributed by atoms with Crippen LogP contribution in [0.25, 0.3) is 0 Å². The minimum atomic E-state index is -0.170. The number of hydrogen-bond donors (Lipinski definition) is 2. The van der Waals surface area contributed by atoms with Crippen LogP contribution in [0.4, 0.5) is 11.4 Å². The largest absolute Gasteiger partial charge is 0.326 e. The van der Waals surface area contributed by atoms with Gasteiger partial charge in [0.25, 0.3) is 0 Å². The summed E-state index contributed by atoms with van der Waals surface area (Å²) in [4.78, 5) is 24.5. The van der Waals surface area contributed by atoms with Gasteiger partial charge in [-0.25, -0.2) is 0 Å². The summed E-state index contributed by atoms with van der Waals surface area (Å²) >= 11 is 1.28. The van der Waals surface area contributed by atoms with Crippen molar-refractivity contribution in [2.24, 2.45) is 7.05 Å². The zero-order valence-corrected chi connectivity index (χ0v) is 17.4. The van der Waals surface area contributed by atoms with E-state index in [0.29, 0.717) is 11.0 Å².